The van der Waals surface area contributed by atoms with Crippen LogP contribution in [0.2, 0.25) is 0 Å². The molecule has 160 valence electrons. The number of aliphatic hydroxyl groups excluding tert-OH is 1. The van der Waals surface area contributed by atoms with E-state index in [0.717, 1.165) is 43.2 Å². The van der Waals surface area contributed by atoms with Crippen molar-refractivity contribution in [1.29, 1.82) is 0 Å². The van der Waals surface area contributed by atoms with Crippen LogP contribution in [0.15, 0.2) is 60.7 Å². The van der Waals surface area contributed by atoms with E-state index >= 15 is 0 Å². The van der Waals surface area contributed by atoms with Gasteiger partial charge >= 0.3 is 6.09 Å². The molecule has 2 amide bonds. The van der Waals surface area contributed by atoms with Gasteiger partial charge in [0.05, 0.1) is 6.61 Å². The van der Waals surface area contributed by atoms with Crippen molar-refractivity contribution < 1.29 is 19.4 Å². The number of carbonyl (C=O) groups excluding carboxylic acids is 2. The number of amides is 2. The lowest BCUT2D eigenvalue weighted by Crippen LogP contribution is -2.66. The Balaban J connectivity index is 1.92. The van der Waals surface area contributed by atoms with Crippen LogP contribution in [0.4, 0.5) is 4.79 Å². The Bertz CT molecular complexity index is 822. The highest BCUT2D eigenvalue weighted by molar-refractivity contribution is 5.89. The summed E-state index contributed by atoms with van der Waals surface area (Å²) in [6.07, 6.45) is 4.03. The summed E-state index contributed by atoms with van der Waals surface area (Å²) in [6, 6.07) is 18.5. The average Bonchev–Trinajstić information content (AvgIpc) is 2.79. The van der Waals surface area contributed by atoms with Crippen LogP contribution in [0, 0.1) is 0 Å². The highest BCUT2D eigenvalue weighted by atomic mass is 16.6. The van der Waals surface area contributed by atoms with Crippen LogP contribution in [-0.4, -0.2) is 40.2 Å². The topological polar surface area (TPSA) is 92.9 Å². The van der Waals surface area contributed by atoms with Gasteiger partial charge in [-0.05, 0) is 24.0 Å². The number of rotatable bonds is 8. The second kappa shape index (κ2) is 10.3. The van der Waals surface area contributed by atoms with Crippen molar-refractivity contribution in [3.8, 4) is 0 Å². The second-order valence-corrected chi connectivity index (χ2v) is 7.92. The van der Waals surface area contributed by atoms with Crippen molar-refractivity contribution in [2.45, 2.75) is 56.7 Å². The minimum atomic E-state index is -1.56. The van der Waals surface area contributed by atoms with Gasteiger partial charge in [0, 0.05) is 12.5 Å². The first-order chi connectivity index (χ1) is 14.6. The molecule has 30 heavy (non-hydrogen) atoms. The van der Waals surface area contributed by atoms with Gasteiger partial charge in [0.25, 0.3) is 0 Å². The van der Waals surface area contributed by atoms with Crippen molar-refractivity contribution in [2.24, 2.45) is 5.73 Å². The summed E-state index contributed by atoms with van der Waals surface area (Å²) < 4.78 is 5.61. The lowest BCUT2D eigenvalue weighted by Gasteiger charge is -2.45. The fourth-order valence-corrected chi connectivity index (χ4v) is 4.24. The van der Waals surface area contributed by atoms with E-state index in [0.29, 0.717) is 0 Å². The van der Waals surface area contributed by atoms with Crippen LogP contribution in [0.1, 0.15) is 43.2 Å². The van der Waals surface area contributed by atoms with E-state index in [9.17, 15) is 14.7 Å². The zero-order valence-corrected chi connectivity index (χ0v) is 17.2. The molecule has 1 saturated carbocycles. The molecule has 1 aliphatic rings. The molecule has 0 radical (unpaired) electrons. The molecule has 3 N–H and O–H groups in total. The van der Waals surface area contributed by atoms with Gasteiger partial charge in [0.2, 0.25) is 5.91 Å². The first kappa shape index (κ1) is 21.8. The Morgan fingerprint density at radius 3 is 2.07 bits per heavy atom. The average molecular weight is 411 g/mol. The highest BCUT2D eigenvalue weighted by Crippen LogP contribution is 2.32. The predicted octanol–water partition coefficient (Wildman–Crippen LogP) is 3.42. The number of aliphatic hydroxyl groups is 1. The summed E-state index contributed by atoms with van der Waals surface area (Å²) in [5, 5.41) is 10.4. The fraction of sp³-hybridized carbons (Fsp3) is 0.417. The zero-order valence-electron chi connectivity index (χ0n) is 17.2. The molecule has 1 atom stereocenters. The van der Waals surface area contributed by atoms with E-state index < -0.39 is 24.1 Å². The summed E-state index contributed by atoms with van der Waals surface area (Å²) in [5.74, 6) is -0.726. The minimum absolute atomic E-state index is 0.0918. The molecule has 6 nitrogen and oxygen atoms in total. The largest absolute Gasteiger partial charge is 0.445 e. The van der Waals surface area contributed by atoms with Gasteiger partial charge in [-0.25, -0.2) is 4.79 Å². The monoisotopic (exact) mass is 410 g/mol. The van der Waals surface area contributed by atoms with E-state index in [1.807, 2.05) is 60.7 Å². The summed E-state index contributed by atoms with van der Waals surface area (Å²) in [5.41, 5.74) is 5.95. The minimum Gasteiger partial charge on any atom is -0.445 e. The summed E-state index contributed by atoms with van der Waals surface area (Å²) in [4.78, 5) is 27.5. The molecule has 2 aromatic carbocycles. The van der Waals surface area contributed by atoms with Crippen molar-refractivity contribution >= 4 is 12.0 Å². The molecule has 2 aromatic rings. The lowest BCUT2D eigenvalue weighted by molar-refractivity contribution is -0.134. The summed E-state index contributed by atoms with van der Waals surface area (Å²) >= 11 is 0. The van der Waals surface area contributed by atoms with Crippen LogP contribution in [0.25, 0.3) is 0 Å². The Hall–Kier alpha value is -2.86. The van der Waals surface area contributed by atoms with Gasteiger partial charge in [-0.2, -0.15) is 0 Å². The van der Waals surface area contributed by atoms with E-state index in [2.05, 4.69) is 0 Å². The fourth-order valence-electron chi connectivity index (χ4n) is 4.24. The van der Waals surface area contributed by atoms with Crippen LogP contribution in [0.5, 0.6) is 0 Å². The van der Waals surface area contributed by atoms with Gasteiger partial charge in [0.1, 0.15) is 6.61 Å². The number of ether oxygens (including phenoxy) is 1. The number of nitrogens with two attached hydrogens (primary N) is 1. The SMILES string of the molecule is NC(=O)[C@](CO)(Cc1ccccc1)N(C(=O)OCc1ccccc1)C1CCCCC1. The molecule has 0 aliphatic heterocycles. The van der Waals surface area contributed by atoms with Gasteiger partial charge < -0.3 is 15.6 Å². The van der Waals surface area contributed by atoms with Crippen LogP contribution >= 0.6 is 0 Å². The quantitative estimate of drug-likeness (QED) is 0.697. The number of hydrogen-bond donors (Lipinski definition) is 2. The number of primary amides is 1. The Morgan fingerprint density at radius 2 is 1.53 bits per heavy atom. The highest BCUT2D eigenvalue weighted by Gasteiger charge is 2.49. The maximum absolute atomic E-state index is 13.3. The van der Waals surface area contributed by atoms with Crippen LogP contribution < -0.4 is 5.73 Å². The van der Waals surface area contributed by atoms with E-state index in [-0.39, 0.29) is 19.1 Å². The van der Waals surface area contributed by atoms with Gasteiger partial charge in [-0.15, -0.1) is 0 Å². The number of benzene rings is 2. The maximum atomic E-state index is 13.3. The van der Waals surface area contributed by atoms with Crippen molar-refractivity contribution in [2.75, 3.05) is 6.61 Å². The molecule has 0 aromatic heterocycles. The van der Waals surface area contributed by atoms with Crippen LogP contribution in [-0.2, 0) is 22.6 Å². The van der Waals surface area contributed by atoms with Gasteiger partial charge in [0.15, 0.2) is 5.54 Å². The molecular formula is C24H30N2O4. The van der Waals surface area contributed by atoms with Gasteiger partial charge in [-0.1, -0.05) is 79.9 Å². The molecule has 1 aliphatic carbocycles. The second-order valence-electron chi connectivity index (χ2n) is 7.92. The Kier molecular flexibility index (Phi) is 7.46. The van der Waals surface area contributed by atoms with Crippen molar-refractivity contribution in [3.05, 3.63) is 71.8 Å². The zero-order chi connectivity index (χ0) is 21.4. The first-order valence-corrected chi connectivity index (χ1v) is 10.5. The molecule has 6 heteroatoms. The Morgan fingerprint density at radius 1 is 0.967 bits per heavy atom. The third-order valence-corrected chi connectivity index (χ3v) is 5.86. The van der Waals surface area contributed by atoms with E-state index in [1.54, 1.807) is 0 Å². The molecule has 0 spiro atoms. The number of carbonyl (C=O) groups is 2. The predicted molar refractivity (Wildman–Crippen MR) is 114 cm³/mol. The molecule has 0 saturated heterocycles. The Labute approximate surface area is 177 Å². The molecule has 3 rings (SSSR count). The van der Waals surface area contributed by atoms with Crippen molar-refractivity contribution in [3.63, 3.8) is 0 Å². The standard InChI is InChI=1S/C24H30N2O4/c25-22(28)24(18-27,16-19-10-4-1-5-11-19)26(21-14-8-3-9-15-21)23(29)30-17-20-12-6-2-7-13-20/h1-2,4-7,10-13,21,27H,3,8-9,14-18H2,(H2,25,28)/t24-/m1/s1. The molecular weight excluding hydrogens is 380 g/mol. The third kappa shape index (κ3) is 5.00. The number of nitrogens with zero attached hydrogens (tertiary/aromatic N) is 1. The van der Waals surface area contributed by atoms with Crippen molar-refractivity contribution in [1.82, 2.24) is 4.90 Å². The first-order valence-electron chi connectivity index (χ1n) is 10.5. The van der Waals surface area contributed by atoms with E-state index in [1.165, 1.54) is 4.90 Å². The summed E-state index contributed by atoms with van der Waals surface area (Å²) in [7, 11) is 0. The molecule has 0 bridgehead atoms. The van der Waals surface area contributed by atoms with E-state index in [4.69, 9.17) is 10.5 Å². The normalized spacial score (nSPS) is 16.4. The third-order valence-electron chi connectivity index (χ3n) is 5.86. The number of hydrogen-bond acceptors (Lipinski definition) is 4. The molecule has 0 heterocycles. The summed E-state index contributed by atoms with van der Waals surface area (Å²) in [6.45, 7) is -0.470. The van der Waals surface area contributed by atoms with Gasteiger partial charge in [-0.3, -0.25) is 9.69 Å². The van der Waals surface area contributed by atoms with Crippen LogP contribution in [0.3, 0.4) is 0 Å². The lowest BCUT2D eigenvalue weighted by atomic mass is 9.84. The smallest absolute Gasteiger partial charge is 0.411 e. The molecule has 0 unspecified atom stereocenters. The maximum Gasteiger partial charge on any atom is 0.411 e. The molecule has 1 fully saturated rings.